The molecule has 0 aromatic heterocycles. The summed E-state index contributed by atoms with van der Waals surface area (Å²) in [5.74, 6) is 5.61. The third-order valence-corrected chi connectivity index (χ3v) is 2.71. The van der Waals surface area contributed by atoms with Crippen molar-refractivity contribution in [1.29, 1.82) is 0 Å². The number of hydrogen-bond donors (Lipinski definition) is 1. The van der Waals surface area contributed by atoms with E-state index >= 15 is 0 Å². The summed E-state index contributed by atoms with van der Waals surface area (Å²) >= 11 is 0. The Hall–Kier alpha value is -2.28. The molecule has 19 heavy (non-hydrogen) atoms. The van der Waals surface area contributed by atoms with Gasteiger partial charge in [-0.3, -0.25) is 9.59 Å². The molecule has 1 aromatic rings. The molecule has 0 spiro atoms. The van der Waals surface area contributed by atoms with Crippen LogP contribution in [0.1, 0.15) is 35.7 Å². The van der Waals surface area contributed by atoms with Crippen LogP contribution in [0.4, 0.5) is 0 Å². The Morgan fingerprint density at radius 1 is 1.37 bits per heavy atom. The molecule has 1 aromatic carbocycles. The van der Waals surface area contributed by atoms with Crippen LogP contribution in [0.3, 0.4) is 0 Å². The molecule has 2 amide bonds. The molecule has 0 atom stereocenters. The number of nitrogens with zero attached hydrogens (tertiary/aromatic N) is 1. The van der Waals surface area contributed by atoms with Crippen molar-refractivity contribution in [3.05, 3.63) is 35.4 Å². The second-order valence-electron chi connectivity index (χ2n) is 4.29. The Morgan fingerprint density at radius 3 is 2.74 bits per heavy atom. The molecular formula is C15H18N2O2. The normalized spacial score (nSPS) is 9.37. The summed E-state index contributed by atoms with van der Waals surface area (Å²) in [4.78, 5) is 23.6. The van der Waals surface area contributed by atoms with Crippen LogP contribution in [0, 0.1) is 11.8 Å². The van der Waals surface area contributed by atoms with E-state index in [1.165, 1.54) is 0 Å². The first-order valence-electron chi connectivity index (χ1n) is 6.11. The third kappa shape index (κ3) is 5.26. The van der Waals surface area contributed by atoms with Gasteiger partial charge in [0.05, 0.1) is 0 Å². The highest BCUT2D eigenvalue weighted by Crippen LogP contribution is 2.03. The molecule has 0 radical (unpaired) electrons. The van der Waals surface area contributed by atoms with Crippen LogP contribution >= 0.6 is 0 Å². The Morgan fingerprint density at radius 2 is 2.11 bits per heavy atom. The van der Waals surface area contributed by atoms with Gasteiger partial charge in [0, 0.05) is 38.1 Å². The van der Waals surface area contributed by atoms with Gasteiger partial charge in [-0.1, -0.05) is 17.9 Å². The molecule has 0 fully saturated rings. The van der Waals surface area contributed by atoms with Gasteiger partial charge < -0.3 is 10.6 Å². The number of nitrogens with two attached hydrogens (primary N) is 1. The molecular weight excluding hydrogens is 240 g/mol. The van der Waals surface area contributed by atoms with E-state index in [1.54, 1.807) is 37.1 Å². The first-order chi connectivity index (χ1) is 9.00. The van der Waals surface area contributed by atoms with E-state index in [1.807, 2.05) is 6.07 Å². The molecule has 0 unspecified atom stereocenters. The van der Waals surface area contributed by atoms with E-state index in [-0.39, 0.29) is 5.91 Å². The third-order valence-electron chi connectivity index (χ3n) is 2.71. The van der Waals surface area contributed by atoms with Gasteiger partial charge in [-0.05, 0) is 24.6 Å². The Balaban J connectivity index is 2.48. The molecule has 1 rings (SSSR count). The minimum Gasteiger partial charge on any atom is -0.366 e. The number of amides is 2. The summed E-state index contributed by atoms with van der Waals surface area (Å²) in [7, 11) is 1.77. The smallest absolute Gasteiger partial charge is 0.248 e. The zero-order valence-electron chi connectivity index (χ0n) is 11.3. The van der Waals surface area contributed by atoms with Gasteiger partial charge >= 0.3 is 0 Å². The van der Waals surface area contributed by atoms with Gasteiger partial charge in [-0.2, -0.15) is 0 Å². The standard InChI is InChI=1S/C15H18N2O2/c1-12(18)17(2)10-5-3-4-7-13-8-6-9-14(11-13)15(16)19/h6,8-9,11H,3,5,10H2,1-2H3,(H2,16,19). The van der Waals surface area contributed by atoms with Crippen LogP contribution in [0.25, 0.3) is 0 Å². The quantitative estimate of drug-likeness (QED) is 0.655. The zero-order chi connectivity index (χ0) is 14.3. The van der Waals surface area contributed by atoms with Crippen molar-refractivity contribution in [3.8, 4) is 11.8 Å². The van der Waals surface area contributed by atoms with E-state index in [0.29, 0.717) is 18.5 Å². The number of rotatable bonds is 4. The van der Waals surface area contributed by atoms with Gasteiger partial charge in [-0.25, -0.2) is 0 Å². The summed E-state index contributed by atoms with van der Waals surface area (Å²) in [6.45, 7) is 2.24. The maximum absolute atomic E-state index is 11.0. The SMILES string of the molecule is CC(=O)N(C)CCCC#Cc1cccc(C(N)=O)c1. The fourth-order valence-electron chi connectivity index (χ4n) is 1.48. The summed E-state index contributed by atoms with van der Waals surface area (Å²) in [6, 6.07) is 6.93. The van der Waals surface area contributed by atoms with E-state index in [0.717, 1.165) is 12.0 Å². The molecule has 0 saturated carbocycles. The lowest BCUT2D eigenvalue weighted by molar-refractivity contribution is -0.127. The van der Waals surface area contributed by atoms with E-state index in [9.17, 15) is 9.59 Å². The van der Waals surface area contributed by atoms with Crippen LogP contribution in [0.15, 0.2) is 24.3 Å². The van der Waals surface area contributed by atoms with Gasteiger partial charge in [0.25, 0.3) is 0 Å². The highest BCUT2D eigenvalue weighted by atomic mass is 16.2. The van der Waals surface area contributed by atoms with Crippen molar-refractivity contribution in [2.45, 2.75) is 19.8 Å². The minimum absolute atomic E-state index is 0.0575. The molecule has 0 bridgehead atoms. The summed E-state index contributed by atoms with van der Waals surface area (Å²) in [6.07, 6.45) is 1.54. The van der Waals surface area contributed by atoms with Crippen LogP contribution in [-0.4, -0.2) is 30.3 Å². The lowest BCUT2D eigenvalue weighted by Crippen LogP contribution is -2.24. The maximum atomic E-state index is 11.0. The van der Waals surface area contributed by atoms with Crippen LogP contribution < -0.4 is 5.73 Å². The minimum atomic E-state index is -0.452. The fraction of sp³-hybridized carbons (Fsp3) is 0.333. The summed E-state index contributed by atoms with van der Waals surface area (Å²) in [5, 5.41) is 0. The first-order valence-corrected chi connectivity index (χ1v) is 6.11. The predicted octanol–water partition coefficient (Wildman–Crippen LogP) is 1.40. The topological polar surface area (TPSA) is 63.4 Å². The fourth-order valence-corrected chi connectivity index (χ4v) is 1.48. The lowest BCUT2D eigenvalue weighted by Gasteiger charge is -2.12. The Bertz CT molecular complexity index is 526. The average Bonchev–Trinajstić information content (AvgIpc) is 2.38. The van der Waals surface area contributed by atoms with Crippen molar-refractivity contribution < 1.29 is 9.59 Å². The van der Waals surface area contributed by atoms with Gasteiger partial charge in [0.1, 0.15) is 0 Å². The number of carbonyl (C=O) groups excluding carboxylic acids is 2. The molecule has 4 heteroatoms. The van der Waals surface area contributed by atoms with Crippen molar-refractivity contribution in [2.24, 2.45) is 5.73 Å². The second-order valence-corrected chi connectivity index (χ2v) is 4.29. The number of hydrogen-bond acceptors (Lipinski definition) is 2. The second kappa shape index (κ2) is 7.22. The molecule has 0 aliphatic carbocycles. The number of benzene rings is 1. The predicted molar refractivity (Wildman–Crippen MR) is 74.4 cm³/mol. The maximum Gasteiger partial charge on any atom is 0.248 e. The van der Waals surface area contributed by atoms with Crippen molar-refractivity contribution in [1.82, 2.24) is 4.90 Å². The molecule has 2 N–H and O–H groups in total. The molecule has 0 heterocycles. The van der Waals surface area contributed by atoms with Crippen molar-refractivity contribution in [3.63, 3.8) is 0 Å². The van der Waals surface area contributed by atoms with E-state index < -0.39 is 5.91 Å². The molecule has 100 valence electrons. The van der Waals surface area contributed by atoms with Crippen molar-refractivity contribution >= 4 is 11.8 Å². The highest BCUT2D eigenvalue weighted by Gasteiger charge is 2.00. The van der Waals surface area contributed by atoms with Crippen molar-refractivity contribution in [2.75, 3.05) is 13.6 Å². The number of unbranched alkanes of at least 4 members (excludes halogenated alkanes) is 1. The number of carbonyl (C=O) groups is 2. The summed E-state index contributed by atoms with van der Waals surface area (Å²) in [5.41, 5.74) is 6.43. The highest BCUT2D eigenvalue weighted by molar-refractivity contribution is 5.93. The van der Waals surface area contributed by atoms with Crippen LogP contribution in [0.2, 0.25) is 0 Å². The monoisotopic (exact) mass is 258 g/mol. The molecule has 0 aliphatic rings. The van der Waals surface area contributed by atoms with Gasteiger partial charge in [-0.15, -0.1) is 0 Å². The Kier molecular flexibility index (Phi) is 5.62. The molecule has 0 saturated heterocycles. The Labute approximate surface area is 113 Å². The molecule has 4 nitrogen and oxygen atoms in total. The molecule has 0 aliphatic heterocycles. The van der Waals surface area contributed by atoms with Gasteiger partial charge in [0.15, 0.2) is 0 Å². The van der Waals surface area contributed by atoms with Gasteiger partial charge in [0.2, 0.25) is 11.8 Å². The largest absolute Gasteiger partial charge is 0.366 e. The van der Waals surface area contributed by atoms with E-state index in [2.05, 4.69) is 11.8 Å². The number of primary amides is 1. The first kappa shape index (κ1) is 14.8. The lowest BCUT2D eigenvalue weighted by atomic mass is 10.1. The average molecular weight is 258 g/mol. The van der Waals surface area contributed by atoms with Crippen LogP contribution in [0.5, 0.6) is 0 Å². The summed E-state index contributed by atoms with van der Waals surface area (Å²) < 4.78 is 0. The zero-order valence-corrected chi connectivity index (χ0v) is 11.3. The van der Waals surface area contributed by atoms with E-state index in [4.69, 9.17) is 5.73 Å². The van der Waals surface area contributed by atoms with Crippen LogP contribution in [-0.2, 0) is 4.79 Å².